The number of ether oxygens (including phenoxy) is 2. The van der Waals surface area contributed by atoms with Crippen molar-refractivity contribution in [2.45, 2.75) is 10.1 Å². The molecule has 0 radical (unpaired) electrons. The number of thioether (sulfide) groups is 1. The summed E-state index contributed by atoms with van der Waals surface area (Å²) < 4.78 is 11.9. The number of halogens is 1. The highest BCUT2D eigenvalue weighted by molar-refractivity contribution is 9.10. The van der Waals surface area contributed by atoms with E-state index >= 15 is 0 Å². The van der Waals surface area contributed by atoms with Gasteiger partial charge in [-0.25, -0.2) is 0 Å². The summed E-state index contributed by atoms with van der Waals surface area (Å²) in [5.74, 6) is 0.361. The third kappa shape index (κ3) is 5.26. The van der Waals surface area contributed by atoms with Gasteiger partial charge in [0.15, 0.2) is 15.8 Å². The van der Waals surface area contributed by atoms with Crippen molar-refractivity contribution in [1.82, 2.24) is 10.2 Å². The van der Waals surface area contributed by atoms with Crippen molar-refractivity contribution >= 4 is 55.8 Å². The van der Waals surface area contributed by atoms with Crippen LogP contribution in [0.5, 0.6) is 11.5 Å². The molecule has 156 valence electrons. The summed E-state index contributed by atoms with van der Waals surface area (Å²) in [5, 5.41) is 22.2. The first-order valence-electron chi connectivity index (χ1n) is 8.33. The average Bonchev–Trinajstić information content (AvgIpc) is 3.19. The molecule has 0 spiro atoms. The highest BCUT2D eigenvalue weighted by atomic mass is 79.9. The third-order valence-electron chi connectivity index (χ3n) is 3.85. The molecule has 0 saturated heterocycles. The summed E-state index contributed by atoms with van der Waals surface area (Å²) >= 11 is 6.05. The minimum absolute atomic E-state index is 0.156. The van der Waals surface area contributed by atoms with Gasteiger partial charge < -0.3 is 9.47 Å². The molecular formula is C18H15BrN4O5S2. The second kappa shape index (κ2) is 9.87. The zero-order valence-corrected chi connectivity index (χ0v) is 19.0. The van der Waals surface area contributed by atoms with Gasteiger partial charge in [-0.1, -0.05) is 51.2 Å². The fraction of sp³-hybridized carbons (Fsp3) is 0.167. The molecule has 1 aromatic heterocycles. The van der Waals surface area contributed by atoms with Gasteiger partial charge in [-0.15, -0.1) is 10.2 Å². The maximum Gasteiger partial charge on any atom is 0.286 e. The van der Waals surface area contributed by atoms with Crippen molar-refractivity contribution in [3.05, 3.63) is 62.1 Å². The van der Waals surface area contributed by atoms with Crippen LogP contribution in [0.1, 0.15) is 15.9 Å². The first-order valence-corrected chi connectivity index (χ1v) is 10.9. The highest BCUT2D eigenvalue weighted by Gasteiger charge is 2.25. The van der Waals surface area contributed by atoms with Crippen molar-refractivity contribution in [1.29, 1.82) is 0 Å². The zero-order valence-electron chi connectivity index (χ0n) is 15.7. The van der Waals surface area contributed by atoms with Crippen LogP contribution in [-0.2, 0) is 5.75 Å². The van der Waals surface area contributed by atoms with E-state index in [0.29, 0.717) is 10.1 Å². The first kappa shape index (κ1) is 22.0. The Balaban J connectivity index is 1.73. The molecule has 0 bridgehead atoms. The minimum Gasteiger partial charge on any atom is -0.493 e. The van der Waals surface area contributed by atoms with Crippen molar-refractivity contribution < 1.29 is 19.2 Å². The second-order valence-corrected chi connectivity index (χ2v) is 8.84. The Bertz CT molecular complexity index is 1070. The number of carbonyl (C=O) groups is 1. The van der Waals surface area contributed by atoms with Crippen LogP contribution in [0.2, 0.25) is 0 Å². The summed E-state index contributed by atoms with van der Waals surface area (Å²) in [6.07, 6.45) is 0. The van der Waals surface area contributed by atoms with E-state index in [-0.39, 0.29) is 22.2 Å². The molecule has 1 amide bonds. The van der Waals surface area contributed by atoms with E-state index in [1.165, 1.54) is 43.4 Å². The van der Waals surface area contributed by atoms with Crippen LogP contribution in [-0.4, -0.2) is 35.2 Å². The quantitative estimate of drug-likeness (QED) is 0.199. The molecule has 0 aliphatic heterocycles. The van der Waals surface area contributed by atoms with Crippen LogP contribution in [0.25, 0.3) is 0 Å². The lowest BCUT2D eigenvalue weighted by Gasteiger charge is -2.10. The van der Waals surface area contributed by atoms with Gasteiger partial charge in [0.05, 0.1) is 25.2 Å². The number of anilines is 1. The van der Waals surface area contributed by atoms with Crippen LogP contribution in [0.4, 0.5) is 10.8 Å². The smallest absolute Gasteiger partial charge is 0.286 e. The number of nitrogens with zero attached hydrogens (tertiary/aromatic N) is 3. The van der Waals surface area contributed by atoms with Gasteiger partial charge >= 0.3 is 0 Å². The number of benzene rings is 2. The molecule has 3 aromatic rings. The van der Waals surface area contributed by atoms with Crippen LogP contribution in [0.3, 0.4) is 0 Å². The molecule has 0 fully saturated rings. The molecule has 1 N–H and O–H groups in total. The lowest BCUT2D eigenvalue weighted by Crippen LogP contribution is -2.14. The number of hydrogen-bond acceptors (Lipinski definition) is 9. The van der Waals surface area contributed by atoms with E-state index in [1.807, 2.05) is 24.3 Å². The van der Waals surface area contributed by atoms with Gasteiger partial charge in [0.1, 0.15) is 5.56 Å². The lowest BCUT2D eigenvalue weighted by molar-refractivity contribution is -0.385. The van der Waals surface area contributed by atoms with Crippen molar-refractivity contribution in [2.75, 3.05) is 19.5 Å². The van der Waals surface area contributed by atoms with E-state index in [9.17, 15) is 14.9 Å². The molecule has 0 aliphatic carbocycles. The van der Waals surface area contributed by atoms with E-state index in [4.69, 9.17) is 9.47 Å². The topological polar surface area (TPSA) is 116 Å². The molecule has 30 heavy (non-hydrogen) atoms. The van der Waals surface area contributed by atoms with Gasteiger partial charge in [-0.2, -0.15) is 0 Å². The molecule has 9 nitrogen and oxygen atoms in total. The van der Waals surface area contributed by atoms with E-state index in [1.54, 1.807) is 0 Å². The molecular weight excluding hydrogens is 496 g/mol. The van der Waals surface area contributed by atoms with Crippen molar-refractivity contribution in [2.24, 2.45) is 0 Å². The van der Waals surface area contributed by atoms with Gasteiger partial charge in [0.25, 0.3) is 11.6 Å². The Morgan fingerprint density at radius 3 is 2.50 bits per heavy atom. The molecule has 1 heterocycles. The number of rotatable bonds is 8. The van der Waals surface area contributed by atoms with Gasteiger partial charge in [-0.3, -0.25) is 20.2 Å². The Labute approximate surface area is 188 Å². The summed E-state index contributed by atoms with van der Waals surface area (Å²) in [7, 11) is 2.74. The predicted molar refractivity (Wildman–Crippen MR) is 118 cm³/mol. The number of carbonyl (C=O) groups excluding carboxylic acids is 1. The lowest BCUT2D eigenvalue weighted by atomic mass is 10.1. The van der Waals surface area contributed by atoms with Crippen LogP contribution >= 0.6 is 39.0 Å². The number of nitro groups is 1. The molecule has 0 aliphatic rings. The Morgan fingerprint density at radius 2 is 1.87 bits per heavy atom. The van der Waals surface area contributed by atoms with Gasteiger partial charge in [0.2, 0.25) is 5.13 Å². The van der Waals surface area contributed by atoms with Crippen molar-refractivity contribution in [3.63, 3.8) is 0 Å². The summed E-state index contributed by atoms with van der Waals surface area (Å²) in [5.41, 5.74) is 0.543. The molecule has 12 heteroatoms. The normalized spacial score (nSPS) is 10.5. The Morgan fingerprint density at radius 1 is 1.20 bits per heavy atom. The van der Waals surface area contributed by atoms with Crippen LogP contribution < -0.4 is 14.8 Å². The van der Waals surface area contributed by atoms with E-state index in [0.717, 1.165) is 16.1 Å². The zero-order chi connectivity index (χ0) is 21.7. The fourth-order valence-corrected chi connectivity index (χ4v) is 4.38. The number of amides is 1. The largest absolute Gasteiger partial charge is 0.493 e. The van der Waals surface area contributed by atoms with Gasteiger partial charge in [0, 0.05) is 16.3 Å². The average molecular weight is 511 g/mol. The standard InChI is InChI=1S/C18H15BrN4O5S2/c1-27-14-7-12(13(23(25)26)8-15(14)28-2)16(24)20-17-21-22-18(30-17)29-9-10-3-5-11(19)6-4-10/h3-8H,9H2,1-2H3,(H,20,21,24). The minimum atomic E-state index is -0.691. The third-order valence-corrected chi connectivity index (χ3v) is 6.42. The summed E-state index contributed by atoms with van der Waals surface area (Å²) in [6, 6.07) is 10.3. The van der Waals surface area contributed by atoms with E-state index in [2.05, 4.69) is 31.4 Å². The number of methoxy groups -OCH3 is 2. The SMILES string of the molecule is COc1cc(C(=O)Nc2nnc(SCc3ccc(Br)cc3)s2)c([N+](=O)[O-])cc1OC. The number of nitro benzene ring substituents is 1. The molecule has 0 atom stereocenters. The van der Waals surface area contributed by atoms with Crippen LogP contribution in [0, 0.1) is 10.1 Å². The number of aromatic nitrogens is 2. The van der Waals surface area contributed by atoms with E-state index < -0.39 is 16.5 Å². The molecule has 3 rings (SSSR count). The predicted octanol–water partition coefficient (Wildman–Crippen LogP) is 4.77. The Kier molecular flexibility index (Phi) is 7.24. The Hall–Kier alpha value is -2.70. The summed E-state index contributed by atoms with van der Waals surface area (Å²) in [6.45, 7) is 0. The second-order valence-electron chi connectivity index (χ2n) is 5.72. The fourth-order valence-electron chi connectivity index (χ4n) is 2.41. The summed E-state index contributed by atoms with van der Waals surface area (Å²) in [4.78, 5) is 23.4. The molecule has 2 aromatic carbocycles. The first-order chi connectivity index (χ1) is 14.4. The van der Waals surface area contributed by atoms with Crippen LogP contribution in [0.15, 0.2) is 45.2 Å². The monoisotopic (exact) mass is 510 g/mol. The molecule has 0 saturated carbocycles. The number of hydrogen-bond donors (Lipinski definition) is 1. The van der Waals surface area contributed by atoms with Crippen molar-refractivity contribution in [3.8, 4) is 11.5 Å². The maximum atomic E-state index is 12.6. The number of nitrogens with one attached hydrogen (secondary N) is 1. The maximum absolute atomic E-state index is 12.6. The van der Waals surface area contributed by atoms with Gasteiger partial charge in [-0.05, 0) is 17.7 Å². The highest BCUT2D eigenvalue weighted by Crippen LogP contribution is 2.35. The molecule has 0 unspecified atom stereocenters.